The summed E-state index contributed by atoms with van der Waals surface area (Å²) >= 11 is 0. The van der Waals surface area contributed by atoms with Gasteiger partial charge in [0.15, 0.2) is 0 Å². The molecule has 0 saturated carbocycles. The van der Waals surface area contributed by atoms with Crippen molar-refractivity contribution < 1.29 is 0 Å². The summed E-state index contributed by atoms with van der Waals surface area (Å²) in [6.07, 6.45) is 2.14. The second-order valence-corrected chi connectivity index (χ2v) is 5.05. The third-order valence-electron chi connectivity index (χ3n) is 3.63. The molecule has 0 bridgehead atoms. The van der Waals surface area contributed by atoms with Crippen LogP contribution in [0.15, 0.2) is 30.5 Å². The van der Waals surface area contributed by atoms with E-state index in [1.807, 2.05) is 4.68 Å². The second-order valence-electron chi connectivity index (χ2n) is 5.05. The molecule has 1 heterocycles. The summed E-state index contributed by atoms with van der Waals surface area (Å²) in [6.45, 7) is 10.4. The molecule has 102 valence electrons. The molecular weight excluding hydrogens is 234 g/mol. The molecule has 2 aromatic rings. The van der Waals surface area contributed by atoms with E-state index >= 15 is 0 Å². The Morgan fingerprint density at radius 3 is 2.63 bits per heavy atom. The Morgan fingerprint density at radius 1 is 1.26 bits per heavy atom. The van der Waals surface area contributed by atoms with Gasteiger partial charge in [-0.25, -0.2) is 0 Å². The first kappa shape index (κ1) is 13.8. The van der Waals surface area contributed by atoms with Crippen molar-refractivity contribution in [3.05, 3.63) is 52.8 Å². The van der Waals surface area contributed by atoms with E-state index in [9.17, 15) is 0 Å². The molecule has 3 nitrogen and oxygen atoms in total. The van der Waals surface area contributed by atoms with Gasteiger partial charge >= 0.3 is 0 Å². The van der Waals surface area contributed by atoms with Crippen molar-refractivity contribution in [2.24, 2.45) is 0 Å². The average Bonchev–Trinajstić information content (AvgIpc) is 2.79. The van der Waals surface area contributed by atoms with Crippen LogP contribution in [0.1, 0.15) is 42.3 Å². The highest BCUT2D eigenvalue weighted by molar-refractivity contribution is 5.26. The van der Waals surface area contributed by atoms with Gasteiger partial charge in [0.25, 0.3) is 0 Å². The van der Waals surface area contributed by atoms with Gasteiger partial charge in [0.05, 0.1) is 5.69 Å². The largest absolute Gasteiger partial charge is 0.306 e. The zero-order valence-corrected chi connectivity index (χ0v) is 12.3. The van der Waals surface area contributed by atoms with Crippen molar-refractivity contribution in [2.45, 2.75) is 46.8 Å². The van der Waals surface area contributed by atoms with Gasteiger partial charge in [0.1, 0.15) is 0 Å². The SMILES string of the molecule is CCn1cc(C(C)NCc2ccccc2C)c(C)n1. The van der Waals surface area contributed by atoms with Gasteiger partial charge in [-0.15, -0.1) is 0 Å². The monoisotopic (exact) mass is 257 g/mol. The maximum atomic E-state index is 4.50. The van der Waals surface area contributed by atoms with E-state index in [4.69, 9.17) is 0 Å². The van der Waals surface area contributed by atoms with Gasteiger partial charge in [0, 0.05) is 30.9 Å². The zero-order chi connectivity index (χ0) is 13.8. The Labute approximate surface area is 115 Å². The van der Waals surface area contributed by atoms with Crippen LogP contribution in [0.3, 0.4) is 0 Å². The van der Waals surface area contributed by atoms with Crippen LogP contribution in [0, 0.1) is 13.8 Å². The van der Waals surface area contributed by atoms with Crippen molar-refractivity contribution in [1.82, 2.24) is 15.1 Å². The third kappa shape index (κ3) is 3.24. The van der Waals surface area contributed by atoms with Crippen LogP contribution >= 0.6 is 0 Å². The van der Waals surface area contributed by atoms with E-state index in [0.717, 1.165) is 18.8 Å². The van der Waals surface area contributed by atoms with Gasteiger partial charge in [-0.05, 0) is 38.8 Å². The van der Waals surface area contributed by atoms with E-state index in [1.54, 1.807) is 0 Å². The molecule has 1 N–H and O–H groups in total. The van der Waals surface area contributed by atoms with Crippen molar-refractivity contribution in [3.63, 3.8) is 0 Å². The van der Waals surface area contributed by atoms with Gasteiger partial charge in [-0.3, -0.25) is 4.68 Å². The highest BCUT2D eigenvalue weighted by Crippen LogP contribution is 2.17. The van der Waals surface area contributed by atoms with E-state index in [1.165, 1.54) is 16.7 Å². The first-order valence-electron chi connectivity index (χ1n) is 6.93. The Hall–Kier alpha value is -1.61. The molecule has 0 fully saturated rings. The quantitative estimate of drug-likeness (QED) is 0.890. The van der Waals surface area contributed by atoms with Crippen molar-refractivity contribution in [2.75, 3.05) is 0 Å². The average molecular weight is 257 g/mol. The van der Waals surface area contributed by atoms with Crippen LogP contribution in [0.25, 0.3) is 0 Å². The number of rotatable bonds is 5. The fourth-order valence-corrected chi connectivity index (χ4v) is 2.30. The lowest BCUT2D eigenvalue weighted by Crippen LogP contribution is -2.18. The van der Waals surface area contributed by atoms with Gasteiger partial charge in [-0.2, -0.15) is 5.10 Å². The molecule has 0 saturated heterocycles. The summed E-state index contributed by atoms with van der Waals surface area (Å²) in [5, 5.41) is 8.08. The maximum absolute atomic E-state index is 4.50. The Morgan fingerprint density at radius 2 is 2.00 bits per heavy atom. The van der Waals surface area contributed by atoms with Crippen molar-refractivity contribution in [1.29, 1.82) is 0 Å². The molecule has 1 unspecified atom stereocenters. The van der Waals surface area contributed by atoms with Crippen molar-refractivity contribution in [3.8, 4) is 0 Å². The number of aromatic nitrogens is 2. The van der Waals surface area contributed by atoms with E-state index in [-0.39, 0.29) is 0 Å². The number of aryl methyl sites for hydroxylation is 3. The predicted octanol–water partition coefficient (Wildman–Crippen LogP) is 3.37. The van der Waals surface area contributed by atoms with E-state index in [0.29, 0.717) is 6.04 Å². The van der Waals surface area contributed by atoms with Crippen LogP contribution in [0.4, 0.5) is 0 Å². The molecule has 0 aliphatic rings. The molecule has 1 aromatic carbocycles. The molecule has 2 rings (SSSR count). The summed E-state index contributed by atoms with van der Waals surface area (Å²) in [4.78, 5) is 0. The second kappa shape index (κ2) is 6.02. The van der Waals surface area contributed by atoms with Gasteiger partial charge in [0.2, 0.25) is 0 Å². The third-order valence-corrected chi connectivity index (χ3v) is 3.63. The summed E-state index contributed by atoms with van der Waals surface area (Å²) < 4.78 is 2.00. The summed E-state index contributed by atoms with van der Waals surface area (Å²) in [5.41, 5.74) is 5.10. The minimum absolute atomic E-state index is 0.319. The zero-order valence-electron chi connectivity index (χ0n) is 12.3. The lowest BCUT2D eigenvalue weighted by atomic mass is 10.1. The van der Waals surface area contributed by atoms with E-state index in [2.05, 4.69) is 68.6 Å². The fraction of sp³-hybridized carbons (Fsp3) is 0.438. The van der Waals surface area contributed by atoms with Gasteiger partial charge < -0.3 is 5.32 Å². The molecule has 0 radical (unpaired) electrons. The minimum Gasteiger partial charge on any atom is -0.306 e. The molecule has 3 heteroatoms. The summed E-state index contributed by atoms with van der Waals surface area (Å²) in [5.74, 6) is 0. The Bertz CT molecular complexity index is 543. The summed E-state index contributed by atoms with van der Waals surface area (Å²) in [7, 11) is 0. The summed E-state index contributed by atoms with van der Waals surface area (Å²) in [6, 6.07) is 8.83. The first-order chi connectivity index (χ1) is 9.11. The Balaban J connectivity index is 2.03. The number of nitrogens with zero attached hydrogens (tertiary/aromatic N) is 2. The standard InChI is InChI=1S/C16H23N3/c1-5-19-11-16(14(4)18-19)13(3)17-10-15-9-7-6-8-12(15)2/h6-9,11,13,17H,5,10H2,1-4H3. The normalized spacial score (nSPS) is 12.6. The number of hydrogen-bond acceptors (Lipinski definition) is 2. The lowest BCUT2D eigenvalue weighted by molar-refractivity contribution is 0.570. The number of nitrogens with one attached hydrogen (secondary N) is 1. The van der Waals surface area contributed by atoms with Crippen LogP contribution in [0.5, 0.6) is 0 Å². The molecule has 0 amide bonds. The van der Waals surface area contributed by atoms with E-state index < -0.39 is 0 Å². The number of hydrogen-bond donors (Lipinski definition) is 1. The smallest absolute Gasteiger partial charge is 0.0641 e. The molecular formula is C16H23N3. The first-order valence-corrected chi connectivity index (χ1v) is 6.93. The van der Waals surface area contributed by atoms with Crippen LogP contribution in [-0.4, -0.2) is 9.78 Å². The van der Waals surface area contributed by atoms with Crippen molar-refractivity contribution >= 4 is 0 Å². The Kier molecular flexibility index (Phi) is 4.38. The highest BCUT2D eigenvalue weighted by Gasteiger charge is 2.11. The molecule has 1 atom stereocenters. The van der Waals surface area contributed by atoms with Gasteiger partial charge in [-0.1, -0.05) is 24.3 Å². The predicted molar refractivity (Wildman–Crippen MR) is 79.1 cm³/mol. The highest BCUT2D eigenvalue weighted by atomic mass is 15.3. The molecule has 0 spiro atoms. The number of benzene rings is 1. The lowest BCUT2D eigenvalue weighted by Gasteiger charge is -2.14. The molecule has 0 aliphatic carbocycles. The maximum Gasteiger partial charge on any atom is 0.0641 e. The molecule has 1 aromatic heterocycles. The minimum atomic E-state index is 0.319. The van der Waals surface area contributed by atoms with Crippen LogP contribution in [0.2, 0.25) is 0 Å². The van der Waals surface area contributed by atoms with Crippen LogP contribution < -0.4 is 5.32 Å². The topological polar surface area (TPSA) is 29.9 Å². The fourth-order valence-electron chi connectivity index (χ4n) is 2.30. The molecule has 0 aliphatic heterocycles. The molecule has 19 heavy (non-hydrogen) atoms. The van der Waals surface area contributed by atoms with Crippen LogP contribution in [-0.2, 0) is 13.1 Å².